The summed E-state index contributed by atoms with van der Waals surface area (Å²) in [5.41, 5.74) is -1.17. The fourth-order valence-electron chi connectivity index (χ4n) is 0.479. The second-order valence-electron chi connectivity index (χ2n) is 2.16. The molecule has 0 amide bonds. The molecule has 0 heterocycles. The van der Waals surface area contributed by atoms with Crippen molar-refractivity contribution in [3.63, 3.8) is 0 Å². The average molecular weight is 292 g/mol. The van der Waals surface area contributed by atoms with Gasteiger partial charge in [-0.15, -0.1) is 0 Å². The van der Waals surface area contributed by atoms with Crippen LogP contribution in [0, 0.1) is 0 Å². The van der Waals surface area contributed by atoms with Crippen molar-refractivity contribution in [3.05, 3.63) is 0 Å². The number of hydrogen-bond acceptors (Lipinski definition) is 2. The molecule has 0 spiro atoms. The van der Waals surface area contributed by atoms with Crippen LogP contribution in [-0.2, 0) is 9.09 Å². The Morgan fingerprint density at radius 3 is 2.15 bits per heavy atom. The van der Waals surface area contributed by atoms with E-state index in [0.717, 1.165) is 0 Å². The molecular formula is C4H7Cl4O4P. The molecule has 0 radical (unpaired) electrons. The topological polar surface area (TPSA) is 66.8 Å². The minimum atomic E-state index is -4.57. The average Bonchev–Trinajstić information content (AvgIpc) is 1.78. The Morgan fingerprint density at radius 2 is 1.85 bits per heavy atom. The van der Waals surface area contributed by atoms with Crippen LogP contribution < -0.4 is 0 Å². The first-order valence-corrected chi connectivity index (χ1v) is 6.15. The van der Waals surface area contributed by atoms with Crippen LogP contribution >= 0.6 is 54.2 Å². The van der Waals surface area contributed by atoms with Crippen molar-refractivity contribution in [1.29, 1.82) is 0 Å². The monoisotopic (exact) mass is 290 g/mol. The first kappa shape index (κ1) is 14.3. The Hall–Kier alpha value is 1.27. The van der Waals surface area contributed by atoms with Crippen LogP contribution in [0.3, 0.4) is 0 Å². The first-order chi connectivity index (χ1) is 5.60. The molecule has 13 heavy (non-hydrogen) atoms. The van der Waals surface area contributed by atoms with E-state index in [9.17, 15) is 4.57 Å². The molecule has 0 saturated carbocycles. The molecule has 80 valence electrons. The van der Waals surface area contributed by atoms with Crippen LogP contribution in [0.1, 0.15) is 12.8 Å². The van der Waals surface area contributed by atoms with Crippen molar-refractivity contribution in [3.8, 4) is 0 Å². The summed E-state index contributed by atoms with van der Waals surface area (Å²) < 4.78 is 12.8. The predicted octanol–water partition coefficient (Wildman–Crippen LogP) is 2.81. The number of phosphoric ester groups is 1. The Kier molecular flexibility index (Phi) is 5.91. The Morgan fingerprint density at radius 1 is 1.38 bits per heavy atom. The lowest BCUT2D eigenvalue weighted by molar-refractivity contribution is 0.172. The Bertz CT molecular complexity index is 199. The fraction of sp³-hybridized carbons (Fsp3) is 1.00. The minimum Gasteiger partial charge on any atom is -0.303 e. The Labute approximate surface area is 95.3 Å². The quantitative estimate of drug-likeness (QED) is 0.617. The molecule has 1 atom stereocenters. The molecule has 0 aliphatic rings. The summed E-state index contributed by atoms with van der Waals surface area (Å²) in [5.74, 6) is 0. The SMILES string of the molecule is O=P(O)(O)OC(Cl)CCC(Cl)(Cl)Cl. The highest BCUT2D eigenvalue weighted by molar-refractivity contribution is 7.46. The van der Waals surface area contributed by atoms with Crippen molar-refractivity contribution < 1.29 is 18.9 Å². The standard InChI is InChI=1S/C4H7Cl4O4P/c5-3(12-13(9,10)11)1-2-4(6,7)8/h3H,1-2H2,(H2,9,10,11). The first-order valence-electron chi connectivity index (χ1n) is 3.05. The Balaban J connectivity index is 3.77. The van der Waals surface area contributed by atoms with Crippen LogP contribution in [0.4, 0.5) is 0 Å². The van der Waals surface area contributed by atoms with Gasteiger partial charge in [-0.25, -0.2) is 4.57 Å². The maximum absolute atomic E-state index is 10.3. The molecule has 0 aromatic heterocycles. The molecule has 0 rings (SSSR count). The smallest absolute Gasteiger partial charge is 0.303 e. The van der Waals surface area contributed by atoms with E-state index in [2.05, 4.69) is 4.52 Å². The van der Waals surface area contributed by atoms with Gasteiger partial charge >= 0.3 is 7.82 Å². The molecule has 0 saturated heterocycles. The van der Waals surface area contributed by atoms with Crippen LogP contribution in [0.2, 0.25) is 0 Å². The molecule has 0 aliphatic heterocycles. The molecule has 0 fully saturated rings. The largest absolute Gasteiger partial charge is 0.471 e. The number of hydrogen-bond donors (Lipinski definition) is 2. The van der Waals surface area contributed by atoms with Gasteiger partial charge in [0.2, 0.25) is 0 Å². The zero-order valence-corrected chi connectivity index (χ0v) is 10.1. The van der Waals surface area contributed by atoms with Gasteiger partial charge in [-0.1, -0.05) is 46.4 Å². The fourth-order valence-corrected chi connectivity index (χ4v) is 1.63. The molecule has 4 nitrogen and oxygen atoms in total. The highest BCUT2D eigenvalue weighted by atomic mass is 35.6. The zero-order valence-electron chi connectivity index (χ0n) is 6.16. The van der Waals surface area contributed by atoms with Crippen molar-refractivity contribution in [2.24, 2.45) is 0 Å². The van der Waals surface area contributed by atoms with Gasteiger partial charge in [0.25, 0.3) is 0 Å². The van der Waals surface area contributed by atoms with E-state index in [-0.39, 0.29) is 12.8 Å². The number of rotatable bonds is 4. The van der Waals surface area contributed by atoms with Crippen LogP contribution in [-0.4, -0.2) is 19.1 Å². The van der Waals surface area contributed by atoms with Crippen molar-refractivity contribution in [1.82, 2.24) is 0 Å². The third kappa shape index (κ3) is 11.2. The lowest BCUT2D eigenvalue weighted by Gasteiger charge is -2.14. The van der Waals surface area contributed by atoms with Crippen molar-refractivity contribution in [2.45, 2.75) is 22.2 Å². The molecular weight excluding hydrogens is 285 g/mol. The lowest BCUT2D eigenvalue weighted by atomic mass is 10.3. The van der Waals surface area contributed by atoms with Gasteiger partial charge in [0.15, 0.2) is 3.79 Å². The van der Waals surface area contributed by atoms with Gasteiger partial charge in [0.05, 0.1) is 0 Å². The van der Waals surface area contributed by atoms with Crippen LogP contribution in [0.25, 0.3) is 0 Å². The highest BCUT2D eigenvalue weighted by Gasteiger charge is 2.25. The second kappa shape index (κ2) is 5.38. The van der Waals surface area contributed by atoms with E-state index < -0.39 is 17.2 Å². The molecule has 0 aromatic rings. The number of phosphoric acid groups is 1. The van der Waals surface area contributed by atoms with E-state index in [4.69, 9.17) is 56.2 Å². The van der Waals surface area contributed by atoms with Crippen LogP contribution in [0.15, 0.2) is 0 Å². The van der Waals surface area contributed by atoms with E-state index >= 15 is 0 Å². The summed E-state index contributed by atoms with van der Waals surface area (Å²) in [6, 6.07) is 0. The van der Waals surface area contributed by atoms with E-state index in [1.54, 1.807) is 0 Å². The van der Waals surface area contributed by atoms with Gasteiger partial charge < -0.3 is 9.79 Å². The summed E-state index contributed by atoms with van der Waals surface area (Å²) in [5, 5.41) is 0. The summed E-state index contributed by atoms with van der Waals surface area (Å²) in [6.07, 6.45) is 0.0784. The van der Waals surface area contributed by atoms with Gasteiger partial charge in [-0.05, 0) is 12.8 Å². The lowest BCUT2D eigenvalue weighted by Crippen LogP contribution is -2.09. The molecule has 0 bridgehead atoms. The van der Waals surface area contributed by atoms with E-state index in [0.29, 0.717) is 0 Å². The normalized spacial score (nSPS) is 15.8. The van der Waals surface area contributed by atoms with Crippen LogP contribution in [0.5, 0.6) is 0 Å². The van der Waals surface area contributed by atoms with E-state index in [1.807, 2.05) is 0 Å². The zero-order chi connectivity index (χ0) is 10.7. The molecule has 0 aliphatic carbocycles. The third-order valence-corrected chi connectivity index (χ3v) is 2.43. The predicted molar refractivity (Wildman–Crippen MR) is 52.3 cm³/mol. The summed E-state index contributed by atoms with van der Waals surface area (Å²) >= 11 is 21.5. The molecule has 0 aromatic carbocycles. The van der Waals surface area contributed by atoms with Crippen molar-refractivity contribution >= 4 is 54.2 Å². The molecule has 9 heteroatoms. The van der Waals surface area contributed by atoms with Gasteiger partial charge in [0, 0.05) is 0 Å². The van der Waals surface area contributed by atoms with Gasteiger partial charge in [-0.2, -0.15) is 0 Å². The summed E-state index contributed by atoms with van der Waals surface area (Å²) in [4.78, 5) is 16.6. The van der Waals surface area contributed by atoms with E-state index in [1.165, 1.54) is 0 Å². The molecule has 1 unspecified atom stereocenters. The summed E-state index contributed by atoms with van der Waals surface area (Å²) in [6.45, 7) is 0. The van der Waals surface area contributed by atoms with Gasteiger partial charge in [-0.3, -0.25) is 4.52 Å². The second-order valence-corrected chi connectivity index (χ2v) is 6.35. The number of halogens is 4. The number of alkyl halides is 4. The molecule has 2 N–H and O–H groups in total. The maximum Gasteiger partial charge on any atom is 0.471 e. The summed E-state index contributed by atoms with van der Waals surface area (Å²) in [7, 11) is -4.57. The van der Waals surface area contributed by atoms with Gasteiger partial charge in [0.1, 0.15) is 5.56 Å². The third-order valence-electron chi connectivity index (χ3n) is 0.906. The maximum atomic E-state index is 10.3. The van der Waals surface area contributed by atoms with Crippen molar-refractivity contribution in [2.75, 3.05) is 0 Å². The minimum absolute atomic E-state index is 0.0309. The highest BCUT2D eigenvalue weighted by Crippen LogP contribution is 2.41.